The van der Waals surface area contributed by atoms with E-state index in [-0.39, 0.29) is 84.0 Å². The third-order valence-corrected chi connectivity index (χ3v) is 19.9. The highest BCUT2D eigenvalue weighted by molar-refractivity contribution is 8.76. The molecule has 2 aromatic rings. The maximum atomic E-state index is 14.5. The maximum Gasteiger partial charge on any atom is 0.409 e. The fourth-order valence-corrected chi connectivity index (χ4v) is 13.9. The zero-order valence-electron chi connectivity index (χ0n) is 45.9. The van der Waals surface area contributed by atoms with Crippen LogP contribution in [0, 0.1) is 17.3 Å². The van der Waals surface area contributed by atoms with Gasteiger partial charge in [-0.3, -0.25) is 19.7 Å². The first-order valence-electron chi connectivity index (χ1n) is 26.2. The average molecular weight is 1150 g/mol. The van der Waals surface area contributed by atoms with Gasteiger partial charge in [0.1, 0.15) is 46.3 Å². The molecule has 77 heavy (non-hydrogen) atoms. The van der Waals surface area contributed by atoms with Gasteiger partial charge in [0.2, 0.25) is 17.7 Å². The summed E-state index contributed by atoms with van der Waals surface area (Å²) in [6.45, 7) is 11.6. The molecule has 18 nitrogen and oxygen atoms in total. The molecular formula is C55H77ClN6O12S3. The maximum absolute atomic E-state index is 14.5. The number of fused-ring (bicyclic) bond motifs is 5. The molecule has 3 fully saturated rings. The lowest BCUT2D eigenvalue weighted by molar-refractivity contribution is -0.163. The number of amides is 5. The fourth-order valence-electron chi connectivity index (χ4n) is 10.1. The standard InChI is InChI=1S/C55H77ClN6O12S3/c1-33-16-15-19-43(71-10)55(69)31-41(73-52(68)60-55)34(2)37-30-54(37,6)44(29-48(65)62(8)38-27-36(26-33)28-40(70-9)49(38)56)74-50(66)35(3)61(7)47(64)21-22-53(4,5)75-32-45(63)57-24-25-59-51(67)72-39-17-11-12-18-42(39)76-77-46-20-13-14-23-58-46/h13-16,19-20,23,27-28,34-35,37,39,41-44,69H,11-12,17-18,21-22,24-26,29-32H2,1-10H3,(H,57,63)(H,59,67)(H,60,68)/b19-15+,33-16+/t34-,35-,37-,39-,41-,42-,43+,44-,54-,55-/m0/s1. The number of aromatic nitrogens is 1. The molecule has 0 spiro atoms. The Morgan fingerprint density at radius 3 is 2.55 bits per heavy atom. The van der Waals surface area contributed by atoms with Crippen molar-refractivity contribution in [3.8, 4) is 5.75 Å². The highest BCUT2D eigenvalue weighted by Crippen LogP contribution is 2.61. The summed E-state index contributed by atoms with van der Waals surface area (Å²) in [5.41, 5.74) is -0.472. The number of allylic oxidation sites excluding steroid dienone is 3. The molecule has 10 atom stereocenters. The minimum atomic E-state index is -1.81. The number of esters is 1. The Hall–Kier alpha value is -4.67. The first-order valence-corrected chi connectivity index (χ1v) is 29.8. The number of pyridine rings is 1. The van der Waals surface area contributed by atoms with E-state index in [9.17, 15) is 33.9 Å². The van der Waals surface area contributed by atoms with Crippen LogP contribution in [0.15, 0.2) is 65.4 Å². The van der Waals surface area contributed by atoms with Gasteiger partial charge in [-0.05, 0) is 105 Å². The van der Waals surface area contributed by atoms with Crippen LogP contribution in [0.1, 0.15) is 105 Å². The summed E-state index contributed by atoms with van der Waals surface area (Å²) < 4.78 is 28.8. The molecule has 4 aliphatic rings. The number of ether oxygens (including phenoxy) is 5. The van der Waals surface area contributed by atoms with E-state index < -0.39 is 58.4 Å². The topological polar surface area (TPSA) is 224 Å². The zero-order chi connectivity index (χ0) is 56.2. The number of anilines is 1. The summed E-state index contributed by atoms with van der Waals surface area (Å²) in [4.78, 5) is 88.2. The van der Waals surface area contributed by atoms with Crippen molar-refractivity contribution in [1.29, 1.82) is 0 Å². The summed E-state index contributed by atoms with van der Waals surface area (Å²) in [7, 11) is 9.34. The van der Waals surface area contributed by atoms with E-state index in [2.05, 4.69) is 20.9 Å². The van der Waals surface area contributed by atoms with Gasteiger partial charge in [0.05, 0.1) is 30.2 Å². The van der Waals surface area contributed by atoms with Crippen molar-refractivity contribution in [3.63, 3.8) is 0 Å². The SMILES string of the molecule is COc1cc2cc(c1Cl)N(C)C(=O)C[C@H](OC(=O)[C@H](C)N(C)C(=O)CCC(C)(C)SCC(=O)NCCNC(=O)O[C@H]1CCCC[C@@H]1SSc1ccccn1)[C@@]1(C)C[C@H]1[C@H](C)[C@@H]1C[C@@](O)(NC(=O)O1)[C@H](OC)/C=C/C=C(\C)C2. The van der Waals surface area contributed by atoms with Gasteiger partial charge in [0.25, 0.3) is 0 Å². The third kappa shape index (κ3) is 16.7. The van der Waals surface area contributed by atoms with Gasteiger partial charge in [0, 0.05) is 63.5 Å². The lowest BCUT2D eigenvalue weighted by atomic mass is 9.83. The number of thioether (sulfide) groups is 1. The number of rotatable bonds is 18. The molecule has 22 heteroatoms. The number of hydrogen-bond acceptors (Lipinski definition) is 16. The number of carbonyl (C=O) groups excluding carboxylic acids is 6. The van der Waals surface area contributed by atoms with Crippen LogP contribution in [-0.4, -0.2) is 144 Å². The van der Waals surface area contributed by atoms with Crippen LogP contribution in [0.4, 0.5) is 15.3 Å². The van der Waals surface area contributed by atoms with Gasteiger partial charge >= 0.3 is 18.2 Å². The van der Waals surface area contributed by atoms with Crippen molar-refractivity contribution in [1.82, 2.24) is 25.8 Å². The Morgan fingerprint density at radius 1 is 1.09 bits per heavy atom. The minimum absolute atomic E-state index is 0.00679. The molecule has 2 aliphatic heterocycles. The lowest BCUT2D eigenvalue weighted by Gasteiger charge is -2.42. The number of aliphatic hydroxyl groups is 1. The number of likely N-dealkylation sites (N-methyl/N-ethyl adjacent to an activating group) is 1. The second-order valence-electron chi connectivity index (χ2n) is 21.4. The fraction of sp³-hybridized carbons (Fsp3) is 0.618. The van der Waals surface area contributed by atoms with Gasteiger partial charge < -0.3 is 49.2 Å². The molecule has 4 bridgehead atoms. The molecule has 1 saturated heterocycles. The largest absolute Gasteiger partial charge is 0.495 e. The van der Waals surface area contributed by atoms with E-state index in [4.69, 9.17) is 35.3 Å². The van der Waals surface area contributed by atoms with Crippen molar-refractivity contribution in [2.24, 2.45) is 17.3 Å². The van der Waals surface area contributed by atoms with E-state index in [1.807, 2.05) is 65.0 Å². The van der Waals surface area contributed by atoms with Gasteiger partial charge in [0.15, 0.2) is 5.72 Å². The Bertz CT molecular complexity index is 2490. The van der Waals surface area contributed by atoms with Crippen molar-refractivity contribution < 1.29 is 57.6 Å². The van der Waals surface area contributed by atoms with Gasteiger partial charge in [-0.2, -0.15) is 0 Å². The van der Waals surface area contributed by atoms with E-state index in [1.54, 1.807) is 60.0 Å². The number of methoxy groups -OCH3 is 2. The van der Waals surface area contributed by atoms with Crippen molar-refractivity contribution in [2.45, 2.75) is 157 Å². The van der Waals surface area contributed by atoms with Crippen LogP contribution < -0.4 is 25.6 Å². The molecule has 3 heterocycles. The second-order valence-corrected chi connectivity index (χ2v) is 26.0. The number of carbonyl (C=O) groups is 6. The third-order valence-electron chi connectivity index (χ3n) is 15.3. The van der Waals surface area contributed by atoms with Crippen LogP contribution in [0.25, 0.3) is 0 Å². The summed E-state index contributed by atoms with van der Waals surface area (Å²) in [5.74, 6) is -1.71. The summed E-state index contributed by atoms with van der Waals surface area (Å²) in [5, 5.41) is 21.4. The number of halogens is 1. The lowest BCUT2D eigenvalue weighted by Crippen LogP contribution is -2.63. The molecule has 0 radical (unpaired) electrons. The average Bonchev–Trinajstić information content (AvgIpc) is 4.20. The zero-order valence-corrected chi connectivity index (χ0v) is 49.1. The molecule has 1 aromatic heterocycles. The highest BCUT2D eigenvalue weighted by Gasteiger charge is 2.62. The molecule has 2 aliphatic carbocycles. The predicted molar refractivity (Wildman–Crippen MR) is 301 cm³/mol. The Kier molecular flexibility index (Phi) is 22.0. The molecular weight excluding hydrogens is 1070 g/mol. The van der Waals surface area contributed by atoms with Crippen molar-refractivity contribution >= 4 is 86.5 Å². The van der Waals surface area contributed by atoms with Gasteiger partial charge in [-0.1, -0.05) is 86.4 Å². The molecule has 2 saturated carbocycles. The van der Waals surface area contributed by atoms with E-state index in [0.29, 0.717) is 30.7 Å². The summed E-state index contributed by atoms with van der Waals surface area (Å²) in [6.07, 6.45) is 7.82. The minimum Gasteiger partial charge on any atom is -0.495 e. The Labute approximate surface area is 470 Å². The number of benzene rings is 1. The first kappa shape index (κ1) is 61.5. The number of alkyl carbamates (subject to hydrolysis) is 2. The van der Waals surface area contributed by atoms with Gasteiger partial charge in [-0.25, -0.2) is 19.4 Å². The Balaban J connectivity index is 1.04. The smallest absolute Gasteiger partial charge is 0.409 e. The van der Waals surface area contributed by atoms with Crippen LogP contribution in [0.5, 0.6) is 5.75 Å². The van der Waals surface area contributed by atoms with Crippen LogP contribution in [0.3, 0.4) is 0 Å². The number of nitrogens with zero attached hydrogens (tertiary/aromatic N) is 3. The van der Waals surface area contributed by atoms with E-state index in [0.717, 1.165) is 41.8 Å². The molecule has 1 aromatic carbocycles. The normalized spacial score (nSPS) is 28.2. The van der Waals surface area contributed by atoms with Gasteiger partial charge in [-0.15, -0.1) is 11.8 Å². The van der Waals surface area contributed by atoms with Crippen LogP contribution in [-0.2, 0) is 44.5 Å². The molecule has 0 unspecified atom stereocenters. The summed E-state index contributed by atoms with van der Waals surface area (Å²) >= 11 is 8.25. The number of nitrogens with one attached hydrogen (secondary N) is 3. The monoisotopic (exact) mass is 1140 g/mol. The first-order chi connectivity index (χ1) is 36.5. The molecule has 5 amide bonds. The molecule has 6 rings (SSSR count). The molecule has 424 valence electrons. The molecule has 4 N–H and O–H groups in total. The van der Waals surface area contributed by atoms with E-state index in [1.165, 1.54) is 42.8 Å². The van der Waals surface area contributed by atoms with Crippen molar-refractivity contribution in [3.05, 3.63) is 70.9 Å². The van der Waals surface area contributed by atoms with Crippen LogP contribution in [0.2, 0.25) is 5.02 Å². The predicted octanol–water partition coefficient (Wildman–Crippen LogP) is 8.66. The second kappa shape index (κ2) is 27.5. The van der Waals surface area contributed by atoms with Crippen molar-refractivity contribution in [2.75, 3.05) is 52.1 Å². The number of hydrogen-bond donors (Lipinski definition) is 4. The quantitative estimate of drug-likeness (QED) is 0.0474. The van der Waals surface area contributed by atoms with Crippen LogP contribution >= 0.6 is 45.0 Å². The van der Waals surface area contributed by atoms with E-state index >= 15 is 0 Å². The highest BCUT2D eigenvalue weighted by atomic mass is 35.5. The summed E-state index contributed by atoms with van der Waals surface area (Å²) in [6, 6.07) is 8.35. The Morgan fingerprint density at radius 2 is 1.83 bits per heavy atom.